The van der Waals surface area contributed by atoms with Crippen molar-refractivity contribution in [3.63, 3.8) is 0 Å². The molecule has 3 rings (SSSR count). The molecule has 0 fully saturated rings. The maximum atomic E-state index is 13.2. The van der Waals surface area contributed by atoms with Crippen LogP contribution in [0, 0.1) is 6.92 Å². The Bertz CT molecular complexity index is 1400. The van der Waals surface area contributed by atoms with E-state index in [-0.39, 0.29) is 31.9 Å². The van der Waals surface area contributed by atoms with Gasteiger partial charge in [-0.2, -0.15) is 0 Å². The van der Waals surface area contributed by atoms with Gasteiger partial charge in [0.25, 0.3) is 10.0 Å². The van der Waals surface area contributed by atoms with E-state index in [2.05, 4.69) is 14.7 Å². The minimum atomic E-state index is -4.19. The number of methoxy groups -OCH3 is 1. The predicted octanol–water partition coefficient (Wildman–Crippen LogP) is 4.38. The molecule has 176 valence electrons. The van der Waals surface area contributed by atoms with E-state index in [4.69, 9.17) is 16.3 Å². The molecule has 1 heterocycles. The summed E-state index contributed by atoms with van der Waals surface area (Å²) in [5.41, 5.74) is 0.840. The van der Waals surface area contributed by atoms with Crippen molar-refractivity contribution in [3.8, 4) is 5.75 Å². The van der Waals surface area contributed by atoms with E-state index < -0.39 is 24.9 Å². The number of nitrogens with zero attached hydrogens (tertiary/aromatic N) is 2. The van der Waals surface area contributed by atoms with E-state index in [1.807, 2.05) is 20.8 Å². The standard InChI is InChI=1S/C22H24ClN3O5S2/c1-14-24-20(26-33(29,30)17-9-6-15(7-10-17)22(2,3)4)13-21(25-14)32(27,28)19-12-16(31-5)8-11-18(19)23/h6-13H,1-5H3,(H,24,25,26). The number of sulfonamides is 1. The van der Waals surface area contributed by atoms with Gasteiger partial charge in [0.1, 0.15) is 17.4 Å². The second kappa shape index (κ2) is 8.92. The number of benzene rings is 2. The summed E-state index contributed by atoms with van der Waals surface area (Å²) in [5.74, 6) is 0.180. The van der Waals surface area contributed by atoms with Gasteiger partial charge in [0.2, 0.25) is 9.84 Å². The first-order valence-electron chi connectivity index (χ1n) is 9.82. The molecule has 0 unspecified atom stereocenters. The van der Waals surface area contributed by atoms with Gasteiger partial charge in [0.05, 0.1) is 21.9 Å². The highest BCUT2D eigenvalue weighted by Gasteiger charge is 2.26. The van der Waals surface area contributed by atoms with Crippen molar-refractivity contribution >= 4 is 37.3 Å². The molecule has 0 aliphatic heterocycles. The van der Waals surface area contributed by atoms with Gasteiger partial charge in [0, 0.05) is 12.1 Å². The van der Waals surface area contributed by atoms with Crippen LogP contribution >= 0.6 is 11.6 Å². The molecule has 0 bridgehead atoms. The lowest BCUT2D eigenvalue weighted by molar-refractivity contribution is 0.413. The number of aryl methyl sites for hydroxylation is 1. The molecule has 0 saturated carbocycles. The van der Waals surface area contributed by atoms with Crippen LogP contribution in [0.4, 0.5) is 5.82 Å². The fraction of sp³-hybridized carbons (Fsp3) is 0.273. The summed E-state index contributed by atoms with van der Waals surface area (Å²) in [5, 5.41) is -0.418. The third-order valence-corrected chi connectivity index (χ3v) is 8.28. The molecule has 8 nitrogen and oxygen atoms in total. The fourth-order valence-corrected chi connectivity index (χ4v) is 5.75. The monoisotopic (exact) mass is 509 g/mol. The molecular weight excluding hydrogens is 486 g/mol. The number of sulfone groups is 1. The van der Waals surface area contributed by atoms with Crippen LogP contribution in [0.5, 0.6) is 5.75 Å². The number of nitrogens with one attached hydrogen (secondary N) is 1. The molecule has 0 saturated heterocycles. The first-order valence-corrected chi connectivity index (χ1v) is 13.2. The Hall–Kier alpha value is -2.69. The molecule has 0 amide bonds. The number of rotatable bonds is 6. The molecule has 11 heteroatoms. The molecule has 0 aliphatic carbocycles. The summed E-state index contributed by atoms with van der Waals surface area (Å²) in [6.07, 6.45) is 0. The smallest absolute Gasteiger partial charge is 0.263 e. The number of hydrogen-bond acceptors (Lipinski definition) is 7. The van der Waals surface area contributed by atoms with Crippen molar-refractivity contribution in [1.29, 1.82) is 0 Å². The summed E-state index contributed by atoms with van der Waals surface area (Å²) in [6, 6.07) is 11.7. The van der Waals surface area contributed by atoms with Crippen LogP contribution in [0.2, 0.25) is 5.02 Å². The summed E-state index contributed by atoms with van der Waals surface area (Å²) in [7, 11) is -6.81. The van der Waals surface area contributed by atoms with Gasteiger partial charge in [-0.15, -0.1) is 0 Å². The number of aromatic nitrogens is 2. The van der Waals surface area contributed by atoms with Crippen LogP contribution in [0.3, 0.4) is 0 Å². The average Bonchev–Trinajstić information content (AvgIpc) is 2.72. The Kier molecular flexibility index (Phi) is 6.74. The molecule has 3 aromatic rings. The zero-order chi connectivity index (χ0) is 24.6. The SMILES string of the molecule is COc1ccc(Cl)c(S(=O)(=O)c2cc(NS(=O)(=O)c3ccc(C(C)(C)C)cc3)nc(C)n2)c1. The van der Waals surface area contributed by atoms with Crippen LogP contribution in [-0.2, 0) is 25.3 Å². The lowest BCUT2D eigenvalue weighted by Crippen LogP contribution is -2.17. The molecule has 0 spiro atoms. The van der Waals surface area contributed by atoms with Crippen LogP contribution in [0.1, 0.15) is 32.2 Å². The van der Waals surface area contributed by atoms with E-state index in [1.54, 1.807) is 12.1 Å². The Morgan fingerprint density at radius 3 is 2.15 bits per heavy atom. The Labute approximate surface area is 199 Å². The third kappa shape index (κ3) is 5.45. The second-order valence-electron chi connectivity index (χ2n) is 8.32. The van der Waals surface area contributed by atoms with E-state index in [9.17, 15) is 16.8 Å². The third-order valence-electron chi connectivity index (χ3n) is 4.79. The van der Waals surface area contributed by atoms with Gasteiger partial charge in [-0.1, -0.05) is 44.5 Å². The highest BCUT2D eigenvalue weighted by molar-refractivity contribution is 7.92. The average molecular weight is 510 g/mol. The minimum Gasteiger partial charge on any atom is -0.497 e. The minimum absolute atomic E-state index is 0.0202. The van der Waals surface area contributed by atoms with Crippen LogP contribution < -0.4 is 9.46 Å². The molecule has 0 atom stereocenters. The number of anilines is 1. The van der Waals surface area contributed by atoms with Gasteiger partial charge in [0.15, 0.2) is 5.03 Å². The topological polar surface area (TPSA) is 115 Å². The lowest BCUT2D eigenvalue weighted by Gasteiger charge is -2.19. The largest absolute Gasteiger partial charge is 0.497 e. The summed E-state index contributed by atoms with van der Waals surface area (Å²) >= 11 is 6.11. The van der Waals surface area contributed by atoms with E-state index >= 15 is 0 Å². The highest BCUT2D eigenvalue weighted by Crippen LogP contribution is 2.31. The van der Waals surface area contributed by atoms with E-state index in [0.717, 1.165) is 11.6 Å². The Morgan fingerprint density at radius 2 is 1.58 bits per heavy atom. The van der Waals surface area contributed by atoms with Crippen molar-refractivity contribution in [3.05, 3.63) is 64.9 Å². The first kappa shape index (κ1) is 24.9. The van der Waals surface area contributed by atoms with Crippen LogP contribution in [0.15, 0.2) is 63.3 Å². The number of ether oxygens (including phenoxy) is 1. The molecule has 1 aromatic heterocycles. The normalized spacial score (nSPS) is 12.4. The molecule has 1 N–H and O–H groups in total. The van der Waals surface area contributed by atoms with Crippen molar-refractivity contribution in [2.45, 2.75) is 47.9 Å². The molecule has 0 aliphatic rings. The van der Waals surface area contributed by atoms with E-state index in [0.29, 0.717) is 5.75 Å². The molecule has 33 heavy (non-hydrogen) atoms. The van der Waals surface area contributed by atoms with E-state index in [1.165, 1.54) is 44.4 Å². The lowest BCUT2D eigenvalue weighted by atomic mass is 9.87. The zero-order valence-corrected chi connectivity index (χ0v) is 21.1. The quantitative estimate of drug-likeness (QED) is 0.490. The van der Waals surface area contributed by atoms with Crippen LogP contribution in [-0.4, -0.2) is 33.9 Å². The Morgan fingerprint density at radius 1 is 0.939 bits per heavy atom. The van der Waals surface area contributed by atoms with Gasteiger partial charge in [-0.05, 0) is 42.2 Å². The first-order chi connectivity index (χ1) is 15.2. The van der Waals surface area contributed by atoms with Crippen molar-refractivity contribution < 1.29 is 21.6 Å². The summed E-state index contributed by atoms with van der Waals surface area (Å²) in [6.45, 7) is 7.53. The summed E-state index contributed by atoms with van der Waals surface area (Å²) in [4.78, 5) is 7.83. The maximum Gasteiger partial charge on any atom is 0.263 e. The molecule has 2 aromatic carbocycles. The van der Waals surface area contributed by atoms with Crippen molar-refractivity contribution in [2.24, 2.45) is 0 Å². The maximum absolute atomic E-state index is 13.2. The van der Waals surface area contributed by atoms with Gasteiger partial charge in [-0.3, -0.25) is 4.72 Å². The fourth-order valence-electron chi connectivity index (χ4n) is 2.99. The van der Waals surface area contributed by atoms with Gasteiger partial charge < -0.3 is 4.74 Å². The van der Waals surface area contributed by atoms with Crippen molar-refractivity contribution in [1.82, 2.24) is 9.97 Å². The number of hydrogen-bond donors (Lipinski definition) is 1. The zero-order valence-electron chi connectivity index (χ0n) is 18.7. The van der Waals surface area contributed by atoms with Crippen molar-refractivity contribution in [2.75, 3.05) is 11.8 Å². The second-order valence-corrected chi connectivity index (χ2v) is 12.3. The van der Waals surface area contributed by atoms with Gasteiger partial charge >= 0.3 is 0 Å². The summed E-state index contributed by atoms with van der Waals surface area (Å²) < 4.78 is 59.6. The van der Waals surface area contributed by atoms with Crippen LogP contribution in [0.25, 0.3) is 0 Å². The molecule has 0 radical (unpaired) electrons. The predicted molar refractivity (Wildman–Crippen MR) is 126 cm³/mol. The highest BCUT2D eigenvalue weighted by atomic mass is 35.5. The Balaban J connectivity index is 2.00. The number of halogens is 1. The molecular formula is C22H24ClN3O5S2. The van der Waals surface area contributed by atoms with Gasteiger partial charge in [-0.25, -0.2) is 26.8 Å².